The van der Waals surface area contributed by atoms with Crippen molar-refractivity contribution in [2.45, 2.75) is 110 Å². The average Bonchev–Trinajstić information content (AvgIpc) is 3.19. The van der Waals surface area contributed by atoms with Crippen molar-refractivity contribution in [3.63, 3.8) is 0 Å². The number of esters is 1. The van der Waals surface area contributed by atoms with Gasteiger partial charge in [-0.05, 0) is 97.5 Å². The molecule has 1 saturated heterocycles. The van der Waals surface area contributed by atoms with Crippen LogP contribution in [-0.4, -0.2) is 36.0 Å². The maximum Gasteiger partial charge on any atom is 0.310 e. The second-order valence-corrected chi connectivity index (χ2v) is 13.5. The van der Waals surface area contributed by atoms with Crippen molar-refractivity contribution < 1.29 is 14.3 Å². The van der Waals surface area contributed by atoms with Gasteiger partial charge in [-0.1, -0.05) is 52.0 Å². The zero-order valence-electron chi connectivity index (χ0n) is 23.4. The zero-order valence-corrected chi connectivity index (χ0v) is 23.4. The molecule has 4 heteroatoms. The molecule has 4 fully saturated rings. The summed E-state index contributed by atoms with van der Waals surface area (Å²) >= 11 is 0. The van der Waals surface area contributed by atoms with Gasteiger partial charge in [-0.3, -0.25) is 9.59 Å². The molecule has 198 valence electrons. The number of likely N-dealkylation sites (tertiary alicyclic amines) is 1. The molecule has 0 radical (unpaired) electrons. The van der Waals surface area contributed by atoms with Crippen molar-refractivity contribution in [2.75, 3.05) is 7.05 Å². The van der Waals surface area contributed by atoms with Gasteiger partial charge in [0, 0.05) is 25.4 Å². The van der Waals surface area contributed by atoms with Crippen LogP contribution >= 0.6 is 0 Å². The van der Waals surface area contributed by atoms with Gasteiger partial charge in [-0.15, -0.1) is 0 Å². The Morgan fingerprint density at radius 1 is 0.972 bits per heavy atom. The molecule has 1 aliphatic heterocycles. The Morgan fingerprint density at radius 2 is 1.67 bits per heavy atom. The quantitative estimate of drug-likeness (QED) is 0.426. The van der Waals surface area contributed by atoms with Gasteiger partial charge >= 0.3 is 5.97 Å². The van der Waals surface area contributed by atoms with Crippen LogP contribution in [0, 0.1) is 34.5 Å². The van der Waals surface area contributed by atoms with E-state index >= 15 is 0 Å². The average molecular weight is 494 g/mol. The number of nitrogens with zero attached hydrogens (tertiary/aromatic N) is 1. The molecule has 0 bridgehead atoms. The van der Waals surface area contributed by atoms with Gasteiger partial charge in [0.25, 0.3) is 0 Å². The lowest BCUT2D eigenvalue weighted by Crippen LogP contribution is -2.61. The summed E-state index contributed by atoms with van der Waals surface area (Å²) < 4.78 is 6.11. The largest absolute Gasteiger partial charge is 0.462 e. The molecular formula is C32H47NO3. The highest BCUT2D eigenvalue weighted by molar-refractivity contribution is 5.77. The first-order chi connectivity index (χ1) is 17.0. The summed E-state index contributed by atoms with van der Waals surface area (Å²) in [6.45, 7) is 11.5. The third-order valence-corrected chi connectivity index (χ3v) is 11.5. The fraction of sp³-hybridized carbons (Fsp3) is 0.750. The summed E-state index contributed by atoms with van der Waals surface area (Å²) in [6.07, 6.45) is 9.39. The smallest absolute Gasteiger partial charge is 0.310 e. The number of benzene rings is 1. The van der Waals surface area contributed by atoms with E-state index in [-0.39, 0.29) is 22.9 Å². The van der Waals surface area contributed by atoms with Crippen molar-refractivity contribution in [2.24, 2.45) is 34.5 Å². The van der Waals surface area contributed by atoms with Gasteiger partial charge in [-0.25, -0.2) is 0 Å². The van der Waals surface area contributed by atoms with E-state index in [1.165, 1.54) is 37.7 Å². The van der Waals surface area contributed by atoms with Crippen LogP contribution in [0.15, 0.2) is 24.3 Å². The monoisotopic (exact) mass is 493 g/mol. The van der Waals surface area contributed by atoms with E-state index in [1.807, 2.05) is 7.05 Å². The van der Waals surface area contributed by atoms with E-state index in [4.69, 9.17) is 4.74 Å². The molecule has 36 heavy (non-hydrogen) atoms. The van der Waals surface area contributed by atoms with Crippen molar-refractivity contribution in [3.05, 3.63) is 35.4 Å². The van der Waals surface area contributed by atoms with Crippen LogP contribution in [0.1, 0.15) is 103 Å². The Bertz CT molecular complexity index is 986. The fourth-order valence-electron chi connectivity index (χ4n) is 9.48. The minimum Gasteiger partial charge on any atom is -0.462 e. The molecule has 1 heterocycles. The Hall–Kier alpha value is -1.84. The number of fused-ring (bicyclic) bond motifs is 5. The number of hydrogen-bond donors (Lipinski definition) is 0. The number of piperidine rings is 1. The maximum atomic E-state index is 12.9. The second-order valence-electron chi connectivity index (χ2n) is 13.5. The lowest BCUT2D eigenvalue weighted by molar-refractivity contribution is -0.164. The first-order valence-corrected chi connectivity index (χ1v) is 14.6. The van der Waals surface area contributed by atoms with E-state index in [1.54, 1.807) is 0 Å². The minimum absolute atomic E-state index is 0.0376. The van der Waals surface area contributed by atoms with Crippen LogP contribution in [0.5, 0.6) is 0 Å². The van der Waals surface area contributed by atoms with Gasteiger partial charge in [0.15, 0.2) is 0 Å². The number of carbonyl (C=O) groups excluding carboxylic acids is 2. The number of hydrogen-bond acceptors (Lipinski definition) is 3. The summed E-state index contributed by atoms with van der Waals surface area (Å²) in [5.74, 6) is 3.36. The summed E-state index contributed by atoms with van der Waals surface area (Å²) in [6, 6.07) is 8.82. The Morgan fingerprint density at radius 3 is 2.36 bits per heavy atom. The molecule has 1 unspecified atom stereocenters. The molecule has 0 N–H and O–H groups in total. The normalized spacial score (nSPS) is 38.8. The van der Waals surface area contributed by atoms with Crippen LogP contribution in [-0.2, 0) is 20.7 Å². The molecule has 3 aliphatic carbocycles. The molecule has 4 aliphatic rings. The van der Waals surface area contributed by atoms with Gasteiger partial charge < -0.3 is 9.64 Å². The van der Waals surface area contributed by atoms with E-state index in [9.17, 15) is 9.59 Å². The van der Waals surface area contributed by atoms with Crippen LogP contribution in [0.4, 0.5) is 0 Å². The van der Waals surface area contributed by atoms with Gasteiger partial charge in [0.05, 0.1) is 6.42 Å². The fourth-order valence-corrected chi connectivity index (χ4v) is 9.48. The number of carbonyl (C=O) groups is 2. The van der Waals surface area contributed by atoms with Crippen molar-refractivity contribution in [1.82, 2.24) is 4.90 Å². The predicted molar refractivity (Wildman–Crippen MR) is 143 cm³/mol. The first kappa shape index (κ1) is 25.8. The molecule has 1 aromatic rings. The van der Waals surface area contributed by atoms with E-state index in [0.717, 1.165) is 30.2 Å². The van der Waals surface area contributed by atoms with E-state index in [2.05, 4.69) is 63.8 Å². The number of ether oxygens (including phenoxy) is 1. The van der Waals surface area contributed by atoms with Gasteiger partial charge in [0.1, 0.15) is 6.10 Å². The zero-order chi connectivity index (χ0) is 25.8. The third-order valence-electron chi connectivity index (χ3n) is 11.5. The van der Waals surface area contributed by atoms with Crippen LogP contribution < -0.4 is 0 Å². The van der Waals surface area contributed by atoms with Gasteiger partial charge in [-0.2, -0.15) is 0 Å². The van der Waals surface area contributed by atoms with Crippen LogP contribution in [0.3, 0.4) is 0 Å². The lowest BCUT2D eigenvalue weighted by Gasteiger charge is -2.62. The predicted octanol–water partition coefficient (Wildman–Crippen LogP) is 6.76. The number of rotatable bonds is 5. The van der Waals surface area contributed by atoms with Gasteiger partial charge in [0.2, 0.25) is 5.91 Å². The Kier molecular flexibility index (Phi) is 6.79. The third kappa shape index (κ3) is 4.21. The standard InChI is InChI=1S/C32H47NO3/c1-20(2)23-9-7-22(8-10-23)19-30(35)36-21(3)25-12-13-26-24-11-14-28-32(5,18-16-29(34)33(28)6)27(24)15-17-31(25,26)4/h7-10,20-21,24-28H,11-19H2,1-6H3/t21?,24-,25+,26-,27-,28+,31+,32+/m0/s1. The summed E-state index contributed by atoms with van der Waals surface area (Å²) in [4.78, 5) is 27.4. The summed E-state index contributed by atoms with van der Waals surface area (Å²) in [7, 11) is 2.04. The molecule has 5 rings (SSSR count). The second kappa shape index (κ2) is 9.48. The Balaban J connectivity index is 1.24. The molecule has 1 amide bonds. The highest BCUT2D eigenvalue weighted by atomic mass is 16.5. The van der Waals surface area contributed by atoms with Crippen molar-refractivity contribution in [3.8, 4) is 0 Å². The topological polar surface area (TPSA) is 46.6 Å². The summed E-state index contributed by atoms with van der Waals surface area (Å²) in [5, 5.41) is 0. The lowest BCUT2D eigenvalue weighted by atomic mass is 9.46. The maximum absolute atomic E-state index is 12.9. The summed E-state index contributed by atoms with van der Waals surface area (Å²) in [5.41, 5.74) is 2.84. The van der Waals surface area contributed by atoms with E-state index < -0.39 is 0 Å². The van der Waals surface area contributed by atoms with Crippen molar-refractivity contribution >= 4 is 11.9 Å². The first-order valence-electron chi connectivity index (χ1n) is 14.6. The number of amides is 1. The SMILES string of the molecule is CC(C)c1ccc(CC(=O)OC(C)[C@H]2CC[C@H]3[C@@H]4CC[C@H]5N(C)C(=O)CC[C@]5(C)[C@H]4CC[C@]23C)cc1. The highest BCUT2D eigenvalue weighted by Gasteiger charge is 2.61. The van der Waals surface area contributed by atoms with Crippen LogP contribution in [0.2, 0.25) is 0 Å². The molecule has 8 atom stereocenters. The molecule has 0 spiro atoms. The molecule has 0 aromatic heterocycles. The minimum atomic E-state index is -0.0940. The molecule has 4 nitrogen and oxygen atoms in total. The van der Waals surface area contributed by atoms with Crippen LogP contribution in [0.25, 0.3) is 0 Å². The molecule has 3 saturated carbocycles. The molecule has 1 aromatic carbocycles. The van der Waals surface area contributed by atoms with E-state index in [0.29, 0.717) is 42.5 Å². The highest BCUT2D eigenvalue weighted by Crippen LogP contribution is 2.66. The van der Waals surface area contributed by atoms with Crippen molar-refractivity contribution in [1.29, 1.82) is 0 Å². The molecular weight excluding hydrogens is 446 g/mol. The Labute approximate surface area is 218 Å².